The highest BCUT2D eigenvalue weighted by Crippen LogP contribution is 2.16. The molecular formula is C16H19N3O2. The molecule has 0 aliphatic rings. The number of carbonyl (C=O) groups is 1. The van der Waals surface area contributed by atoms with Crippen LogP contribution in [0.3, 0.4) is 0 Å². The Morgan fingerprint density at radius 2 is 2.05 bits per heavy atom. The van der Waals surface area contributed by atoms with Crippen LogP contribution >= 0.6 is 0 Å². The summed E-state index contributed by atoms with van der Waals surface area (Å²) in [5.74, 6) is -0.104. The van der Waals surface area contributed by atoms with Gasteiger partial charge in [-0.2, -0.15) is 0 Å². The SMILES string of the molecule is Cc1ccn(CCCC(=O)Nc2ccccc2N)c(=O)c1. The number of amides is 1. The van der Waals surface area contributed by atoms with Crippen LogP contribution in [-0.4, -0.2) is 10.5 Å². The molecule has 0 saturated heterocycles. The Kier molecular flexibility index (Phi) is 4.77. The number of hydrogen-bond acceptors (Lipinski definition) is 3. The largest absolute Gasteiger partial charge is 0.397 e. The van der Waals surface area contributed by atoms with Gasteiger partial charge in [0.15, 0.2) is 0 Å². The molecule has 0 bridgehead atoms. The van der Waals surface area contributed by atoms with E-state index in [9.17, 15) is 9.59 Å². The molecule has 21 heavy (non-hydrogen) atoms. The predicted molar refractivity (Wildman–Crippen MR) is 84.2 cm³/mol. The number of benzene rings is 1. The minimum absolute atomic E-state index is 0.0392. The summed E-state index contributed by atoms with van der Waals surface area (Å²) in [6.45, 7) is 2.40. The molecule has 2 aromatic rings. The van der Waals surface area contributed by atoms with Crippen LogP contribution in [0.5, 0.6) is 0 Å². The number of hydrogen-bond donors (Lipinski definition) is 2. The molecule has 3 N–H and O–H groups in total. The lowest BCUT2D eigenvalue weighted by molar-refractivity contribution is -0.116. The van der Waals surface area contributed by atoms with Gasteiger partial charge in [-0.05, 0) is 37.1 Å². The summed E-state index contributed by atoms with van der Waals surface area (Å²) in [6.07, 6.45) is 2.70. The van der Waals surface area contributed by atoms with Crippen molar-refractivity contribution in [2.75, 3.05) is 11.1 Å². The number of para-hydroxylation sites is 2. The van der Waals surface area contributed by atoms with Gasteiger partial charge in [-0.25, -0.2) is 0 Å². The standard InChI is InChI=1S/C16H19N3O2/c1-12-8-10-19(16(21)11-12)9-4-7-15(20)18-14-6-3-2-5-13(14)17/h2-3,5-6,8,10-11H,4,7,9,17H2,1H3,(H,18,20). The topological polar surface area (TPSA) is 77.1 Å². The van der Waals surface area contributed by atoms with Gasteiger partial charge >= 0.3 is 0 Å². The number of pyridine rings is 1. The molecule has 1 aromatic carbocycles. The van der Waals surface area contributed by atoms with Gasteiger partial charge in [0.2, 0.25) is 5.91 Å². The Bertz CT molecular complexity index is 692. The van der Waals surface area contributed by atoms with E-state index < -0.39 is 0 Å². The molecule has 5 heteroatoms. The molecule has 1 aromatic heterocycles. The molecule has 0 fully saturated rings. The fourth-order valence-corrected chi connectivity index (χ4v) is 2.03. The summed E-state index contributed by atoms with van der Waals surface area (Å²) in [4.78, 5) is 23.5. The first-order valence-corrected chi connectivity index (χ1v) is 6.88. The quantitative estimate of drug-likeness (QED) is 0.826. The van der Waals surface area contributed by atoms with E-state index in [0.717, 1.165) is 5.56 Å². The van der Waals surface area contributed by atoms with E-state index in [1.807, 2.05) is 25.1 Å². The maximum atomic E-state index is 11.8. The van der Waals surface area contributed by atoms with Crippen molar-refractivity contribution in [1.29, 1.82) is 0 Å². The van der Waals surface area contributed by atoms with Crippen molar-refractivity contribution in [3.63, 3.8) is 0 Å². The Morgan fingerprint density at radius 3 is 2.76 bits per heavy atom. The van der Waals surface area contributed by atoms with E-state index in [0.29, 0.717) is 30.8 Å². The van der Waals surface area contributed by atoms with E-state index in [2.05, 4.69) is 5.32 Å². The summed E-state index contributed by atoms with van der Waals surface area (Å²) in [6, 6.07) is 10.6. The molecule has 2 rings (SSSR count). The maximum Gasteiger partial charge on any atom is 0.250 e. The summed E-state index contributed by atoms with van der Waals surface area (Å²) >= 11 is 0. The highest BCUT2D eigenvalue weighted by Gasteiger charge is 2.05. The number of aryl methyl sites for hydroxylation is 2. The van der Waals surface area contributed by atoms with Crippen molar-refractivity contribution in [2.45, 2.75) is 26.3 Å². The number of nitrogens with zero attached hydrogens (tertiary/aromatic N) is 1. The van der Waals surface area contributed by atoms with Crippen molar-refractivity contribution in [2.24, 2.45) is 0 Å². The molecule has 110 valence electrons. The maximum absolute atomic E-state index is 11.8. The smallest absolute Gasteiger partial charge is 0.250 e. The van der Waals surface area contributed by atoms with Gasteiger partial charge in [-0.3, -0.25) is 9.59 Å². The average Bonchev–Trinajstić information content (AvgIpc) is 2.44. The van der Waals surface area contributed by atoms with Gasteiger partial charge in [0.25, 0.3) is 5.56 Å². The molecule has 5 nitrogen and oxygen atoms in total. The number of nitrogens with two attached hydrogens (primary N) is 1. The Hall–Kier alpha value is -2.56. The lowest BCUT2D eigenvalue weighted by Crippen LogP contribution is -2.20. The number of anilines is 2. The molecule has 0 spiro atoms. The summed E-state index contributed by atoms with van der Waals surface area (Å²) in [7, 11) is 0. The summed E-state index contributed by atoms with van der Waals surface area (Å²) in [5.41, 5.74) is 7.82. The van der Waals surface area contributed by atoms with Crippen LogP contribution < -0.4 is 16.6 Å². The summed E-state index contributed by atoms with van der Waals surface area (Å²) in [5, 5.41) is 2.77. The molecule has 0 unspecified atom stereocenters. The second-order valence-corrected chi connectivity index (χ2v) is 4.97. The Morgan fingerprint density at radius 1 is 1.29 bits per heavy atom. The first-order chi connectivity index (χ1) is 10.1. The minimum atomic E-state index is -0.104. The monoisotopic (exact) mass is 285 g/mol. The normalized spacial score (nSPS) is 10.3. The van der Waals surface area contributed by atoms with Gasteiger partial charge in [-0.1, -0.05) is 12.1 Å². The molecular weight excluding hydrogens is 266 g/mol. The fraction of sp³-hybridized carbons (Fsp3) is 0.250. The van der Waals surface area contributed by atoms with Gasteiger partial charge < -0.3 is 15.6 Å². The van der Waals surface area contributed by atoms with Crippen LogP contribution in [0.4, 0.5) is 11.4 Å². The van der Waals surface area contributed by atoms with Gasteiger partial charge in [0, 0.05) is 25.2 Å². The Balaban J connectivity index is 1.85. The number of nitrogens with one attached hydrogen (secondary N) is 1. The third kappa shape index (κ3) is 4.21. The van der Waals surface area contributed by atoms with Crippen LogP contribution in [0.15, 0.2) is 47.4 Å². The predicted octanol–water partition coefficient (Wildman–Crippen LogP) is 2.16. The first kappa shape index (κ1) is 14.8. The third-order valence-corrected chi connectivity index (χ3v) is 3.19. The number of carbonyl (C=O) groups excluding carboxylic acids is 1. The van der Waals surface area contributed by atoms with Gasteiger partial charge in [0.05, 0.1) is 11.4 Å². The highest BCUT2D eigenvalue weighted by molar-refractivity contribution is 5.93. The van der Waals surface area contributed by atoms with E-state index in [-0.39, 0.29) is 11.5 Å². The number of rotatable bonds is 5. The lowest BCUT2D eigenvalue weighted by atomic mass is 10.2. The van der Waals surface area contributed by atoms with E-state index in [4.69, 9.17) is 5.73 Å². The average molecular weight is 285 g/mol. The van der Waals surface area contributed by atoms with Crippen molar-refractivity contribution < 1.29 is 4.79 Å². The summed E-state index contributed by atoms with van der Waals surface area (Å²) < 4.78 is 1.61. The van der Waals surface area contributed by atoms with Crippen molar-refractivity contribution >= 4 is 17.3 Å². The second-order valence-electron chi connectivity index (χ2n) is 4.97. The number of nitrogen functional groups attached to an aromatic ring is 1. The Labute approximate surface area is 123 Å². The van der Waals surface area contributed by atoms with Crippen LogP contribution in [0, 0.1) is 6.92 Å². The van der Waals surface area contributed by atoms with Crippen LogP contribution in [0.1, 0.15) is 18.4 Å². The van der Waals surface area contributed by atoms with Gasteiger partial charge in [-0.15, -0.1) is 0 Å². The molecule has 0 atom stereocenters. The molecule has 0 aliphatic carbocycles. The van der Waals surface area contributed by atoms with Crippen LogP contribution in [0.25, 0.3) is 0 Å². The minimum Gasteiger partial charge on any atom is -0.397 e. The molecule has 1 heterocycles. The number of aromatic nitrogens is 1. The second kappa shape index (κ2) is 6.74. The van der Waals surface area contributed by atoms with Crippen LogP contribution in [-0.2, 0) is 11.3 Å². The first-order valence-electron chi connectivity index (χ1n) is 6.88. The molecule has 0 radical (unpaired) electrons. The van der Waals surface area contributed by atoms with Crippen molar-refractivity contribution in [3.8, 4) is 0 Å². The zero-order valence-corrected chi connectivity index (χ0v) is 12.0. The molecule has 0 saturated carbocycles. The van der Waals surface area contributed by atoms with E-state index in [1.165, 1.54) is 0 Å². The zero-order chi connectivity index (χ0) is 15.2. The zero-order valence-electron chi connectivity index (χ0n) is 12.0. The highest BCUT2D eigenvalue weighted by atomic mass is 16.1. The van der Waals surface area contributed by atoms with Crippen LogP contribution in [0.2, 0.25) is 0 Å². The van der Waals surface area contributed by atoms with Gasteiger partial charge in [0.1, 0.15) is 0 Å². The molecule has 0 aliphatic heterocycles. The third-order valence-electron chi connectivity index (χ3n) is 3.19. The lowest BCUT2D eigenvalue weighted by Gasteiger charge is -2.08. The van der Waals surface area contributed by atoms with Crippen molar-refractivity contribution in [1.82, 2.24) is 4.57 Å². The van der Waals surface area contributed by atoms with E-state index >= 15 is 0 Å². The molecule has 1 amide bonds. The fourth-order valence-electron chi connectivity index (χ4n) is 2.03. The van der Waals surface area contributed by atoms with Crippen molar-refractivity contribution in [3.05, 3.63) is 58.5 Å². The van der Waals surface area contributed by atoms with E-state index in [1.54, 1.807) is 29.0 Å².